The molecule has 0 spiro atoms. The Hall–Kier alpha value is -0.560. The molecule has 0 saturated heterocycles. The predicted molar refractivity (Wildman–Crippen MR) is 58.9 cm³/mol. The molecule has 0 aliphatic carbocycles. The Morgan fingerprint density at radius 1 is 1.31 bits per heavy atom. The summed E-state index contributed by atoms with van der Waals surface area (Å²) in [4.78, 5) is 0. The van der Waals surface area contributed by atoms with Gasteiger partial charge in [-0.3, -0.25) is 0 Å². The molecule has 0 aromatic heterocycles. The van der Waals surface area contributed by atoms with Gasteiger partial charge in [-0.05, 0) is 46.1 Å². The van der Waals surface area contributed by atoms with Gasteiger partial charge in [0.05, 0.1) is 6.61 Å². The Balaban J connectivity index is 3.67. The average molecular weight is 182 g/mol. The van der Waals surface area contributed by atoms with Crippen molar-refractivity contribution in [1.82, 2.24) is 0 Å². The smallest absolute Gasteiger partial charge is 0.0676 e. The van der Waals surface area contributed by atoms with E-state index in [1.54, 1.807) is 0 Å². The second-order valence-corrected chi connectivity index (χ2v) is 3.40. The number of hydrogen-bond acceptors (Lipinski definition) is 1. The number of ether oxygens (including phenoxy) is 1. The van der Waals surface area contributed by atoms with Gasteiger partial charge in [0.1, 0.15) is 0 Å². The molecule has 0 aliphatic rings. The van der Waals surface area contributed by atoms with Gasteiger partial charge in [-0.15, -0.1) is 0 Å². The molecule has 0 heterocycles. The lowest BCUT2D eigenvalue weighted by Gasteiger charge is -2.05. The van der Waals surface area contributed by atoms with E-state index < -0.39 is 0 Å². The van der Waals surface area contributed by atoms with E-state index >= 15 is 0 Å². The van der Waals surface area contributed by atoms with E-state index in [1.807, 2.05) is 6.92 Å². The van der Waals surface area contributed by atoms with Gasteiger partial charge in [-0.1, -0.05) is 17.7 Å². The summed E-state index contributed by atoms with van der Waals surface area (Å²) in [5.41, 5.74) is 2.80. The zero-order valence-electron chi connectivity index (χ0n) is 9.39. The summed E-state index contributed by atoms with van der Waals surface area (Å²) in [5, 5.41) is 0. The minimum atomic E-state index is 0.795. The van der Waals surface area contributed by atoms with Crippen molar-refractivity contribution in [2.24, 2.45) is 0 Å². The van der Waals surface area contributed by atoms with E-state index in [1.165, 1.54) is 11.1 Å². The van der Waals surface area contributed by atoms with Crippen molar-refractivity contribution in [1.29, 1.82) is 0 Å². The summed E-state index contributed by atoms with van der Waals surface area (Å²) < 4.78 is 5.36. The lowest BCUT2D eigenvalue weighted by Crippen LogP contribution is -1.97. The Bertz CT molecular complexity index is 174. The number of hydrogen-bond donors (Lipinski definition) is 0. The highest BCUT2D eigenvalue weighted by Gasteiger charge is 1.94. The molecule has 1 heteroatoms. The minimum Gasteiger partial charge on any atom is -0.377 e. The van der Waals surface area contributed by atoms with Gasteiger partial charge in [0, 0.05) is 6.61 Å². The van der Waals surface area contributed by atoms with E-state index in [-0.39, 0.29) is 0 Å². The van der Waals surface area contributed by atoms with Crippen LogP contribution in [0.5, 0.6) is 0 Å². The van der Waals surface area contributed by atoms with Crippen LogP contribution in [-0.2, 0) is 4.74 Å². The highest BCUT2D eigenvalue weighted by Crippen LogP contribution is 2.07. The average Bonchev–Trinajstić information content (AvgIpc) is 2.10. The van der Waals surface area contributed by atoms with E-state index in [4.69, 9.17) is 4.74 Å². The molecule has 0 atom stereocenters. The molecule has 13 heavy (non-hydrogen) atoms. The van der Waals surface area contributed by atoms with Crippen molar-refractivity contribution < 1.29 is 4.74 Å². The highest BCUT2D eigenvalue weighted by atomic mass is 16.5. The van der Waals surface area contributed by atoms with Crippen LogP contribution in [0.3, 0.4) is 0 Å². The summed E-state index contributed by atoms with van der Waals surface area (Å²) >= 11 is 0. The second-order valence-electron chi connectivity index (χ2n) is 3.40. The molecule has 0 saturated carbocycles. The third-order valence-electron chi connectivity index (χ3n) is 1.92. The van der Waals surface area contributed by atoms with Crippen molar-refractivity contribution in [2.45, 2.75) is 40.5 Å². The molecular formula is C12H22O. The summed E-state index contributed by atoms with van der Waals surface area (Å²) in [6.07, 6.45) is 6.70. The van der Waals surface area contributed by atoms with Gasteiger partial charge in [0.2, 0.25) is 0 Å². The first kappa shape index (κ1) is 12.4. The molecule has 0 amide bonds. The molecule has 0 N–H and O–H groups in total. The fourth-order valence-electron chi connectivity index (χ4n) is 1.08. The van der Waals surface area contributed by atoms with Gasteiger partial charge in [-0.25, -0.2) is 0 Å². The maximum absolute atomic E-state index is 5.36. The molecule has 0 rings (SSSR count). The monoisotopic (exact) mass is 182 g/mol. The van der Waals surface area contributed by atoms with Crippen LogP contribution in [0.15, 0.2) is 23.3 Å². The van der Waals surface area contributed by atoms with Crippen molar-refractivity contribution in [3.8, 4) is 0 Å². The summed E-state index contributed by atoms with van der Waals surface area (Å²) in [6.45, 7) is 9.99. The van der Waals surface area contributed by atoms with E-state index in [0.29, 0.717) is 0 Å². The largest absolute Gasteiger partial charge is 0.377 e. The summed E-state index contributed by atoms with van der Waals surface area (Å²) in [5.74, 6) is 0. The zero-order valence-corrected chi connectivity index (χ0v) is 9.39. The van der Waals surface area contributed by atoms with E-state index in [2.05, 4.69) is 32.9 Å². The van der Waals surface area contributed by atoms with Crippen LogP contribution in [0.25, 0.3) is 0 Å². The molecule has 1 nitrogen and oxygen atoms in total. The predicted octanol–water partition coefficient (Wildman–Crippen LogP) is 3.72. The van der Waals surface area contributed by atoms with Gasteiger partial charge in [0.25, 0.3) is 0 Å². The van der Waals surface area contributed by atoms with Crippen molar-refractivity contribution in [3.63, 3.8) is 0 Å². The zero-order chi connectivity index (χ0) is 10.1. The van der Waals surface area contributed by atoms with Crippen LogP contribution in [0.4, 0.5) is 0 Å². The topological polar surface area (TPSA) is 9.23 Å². The van der Waals surface area contributed by atoms with Gasteiger partial charge in [-0.2, -0.15) is 0 Å². The molecular weight excluding hydrogens is 160 g/mol. The maximum Gasteiger partial charge on any atom is 0.0676 e. The first-order valence-corrected chi connectivity index (χ1v) is 5.05. The maximum atomic E-state index is 5.36. The van der Waals surface area contributed by atoms with Crippen LogP contribution in [0, 0.1) is 0 Å². The van der Waals surface area contributed by atoms with Gasteiger partial charge < -0.3 is 4.74 Å². The van der Waals surface area contributed by atoms with Gasteiger partial charge in [0.15, 0.2) is 0 Å². The lowest BCUT2D eigenvalue weighted by molar-refractivity contribution is 0.168. The normalized spacial score (nSPS) is 11.5. The molecule has 0 aromatic carbocycles. The van der Waals surface area contributed by atoms with Crippen LogP contribution >= 0.6 is 0 Å². The molecule has 76 valence electrons. The van der Waals surface area contributed by atoms with Crippen molar-refractivity contribution in [3.05, 3.63) is 23.3 Å². The molecule has 0 aromatic rings. The first-order chi connectivity index (χ1) is 6.20. The molecule has 0 radical (unpaired) electrons. The van der Waals surface area contributed by atoms with Crippen molar-refractivity contribution in [2.75, 3.05) is 13.2 Å². The SMILES string of the molecule is C/C=C(\CCC=C(C)C)COCC. The van der Waals surface area contributed by atoms with Crippen LogP contribution in [-0.4, -0.2) is 13.2 Å². The third kappa shape index (κ3) is 7.79. The Morgan fingerprint density at radius 3 is 2.46 bits per heavy atom. The fourth-order valence-corrected chi connectivity index (χ4v) is 1.08. The molecule has 0 fully saturated rings. The first-order valence-electron chi connectivity index (χ1n) is 5.05. The minimum absolute atomic E-state index is 0.795. The molecule has 0 unspecified atom stereocenters. The second kappa shape index (κ2) is 8.06. The summed E-state index contributed by atoms with van der Waals surface area (Å²) in [6, 6.07) is 0. The molecule has 0 bridgehead atoms. The third-order valence-corrected chi connectivity index (χ3v) is 1.92. The fraction of sp³-hybridized carbons (Fsp3) is 0.667. The quantitative estimate of drug-likeness (QED) is 0.569. The highest BCUT2D eigenvalue weighted by molar-refractivity contribution is 5.04. The Labute approximate surface area is 82.5 Å². The van der Waals surface area contributed by atoms with Crippen LogP contribution < -0.4 is 0 Å². The Morgan fingerprint density at radius 2 is 2.00 bits per heavy atom. The molecule has 0 aliphatic heterocycles. The number of allylic oxidation sites excluding steroid dienone is 3. The van der Waals surface area contributed by atoms with Crippen LogP contribution in [0.2, 0.25) is 0 Å². The van der Waals surface area contributed by atoms with Crippen LogP contribution in [0.1, 0.15) is 40.5 Å². The van der Waals surface area contributed by atoms with Gasteiger partial charge >= 0.3 is 0 Å². The standard InChI is InChI=1S/C12H22O/c1-5-12(10-13-6-2)9-7-8-11(3)4/h5,8H,6-7,9-10H2,1-4H3/b12-5+. The summed E-state index contributed by atoms with van der Waals surface area (Å²) in [7, 11) is 0. The Kier molecular flexibility index (Phi) is 7.71. The lowest BCUT2D eigenvalue weighted by atomic mass is 10.1. The van der Waals surface area contributed by atoms with Crippen molar-refractivity contribution >= 4 is 0 Å². The number of rotatable bonds is 6. The van der Waals surface area contributed by atoms with E-state index in [0.717, 1.165) is 26.1 Å². The van der Waals surface area contributed by atoms with E-state index in [9.17, 15) is 0 Å².